The van der Waals surface area contributed by atoms with Gasteiger partial charge in [0.2, 0.25) is 21.8 Å². The van der Waals surface area contributed by atoms with Crippen LogP contribution in [-0.4, -0.2) is 57.6 Å². The van der Waals surface area contributed by atoms with Crippen molar-refractivity contribution in [2.75, 3.05) is 30.8 Å². The Labute approximate surface area is 248 Å². The van der Waals surface area contributed by atoms with Crippen LogP contribution >= 0.6 is 11.6 Å². The number of aryl methyl sites for hydroxylation is 1. The van der Waals surface area contributed by atoms with E-state index in [1.54, 1.807) is 17.0 Å². The van der Waals surface area contributed by atoms with Crippen LogP contribution in [0.5, 0.6) is 5.75 Å². The van der Waals surface area contributed by atoms with E-state index in [9.17, 15) is 18.0 Å². The van der Waals surface area contributed by atoms with Gasteiger partial charge in [-0.3, -0.25) is 13.9 Å². The van der Waals surface area contributed by atoms with E-state index in [0.29, 0.717) is 24.4 Å². The van der Waals surface area contributed by atoms with Crippen LogP contribution in [0.1, 0.15) is 36.5 Å². The third-order valence-electron chi connectivity index (χ3n) is 6.67. The van der Waals surface area contributed by atoms with E-state index in [0.717, 1.165) is 22.9 Å². The minimum Gasteiger partial charge on any atom is -0.495 e. The van der Waals surface area contributed by atoms with Gasteiger partial charge in [0.15, 0.2) is 0 Å². The number of rotatable bonds is 14. The van der Waals surface area contributed by atoms with Gasteiger partial charge >= 0.3 is 0 Å². The van der Waals surface area contributed by atoms with Gasteiger partial charge in [-0.05, 0) is 49.6 Å². The molecule has 10 heteroatoms. The molecule has 1 N–H and O–H groups in total. The molecule has 0 aliphatic heterocycles. The fraction of sp³-hybridized carbons (Fsp3) is 0.355. The van der Waals surface area contributed by atoms with Crippen molar-refractivity contribution in [3.63, 3.8) is 0 Å². The van der Waals surface area contributed by atoms with Gasteiger partial charge in [0.1, 0.15) is 11.8 Å². The number of ether oxygens (including phenoxy) is 1. The third-order valence-corrected chi connectivity index (χ3v) is 8.16. The predicted molar refractivity (Wildman–Crippen MR) is 164 cm³/mol. The van der Waals surface area contributed by atoms with Crippen molar-refractivity contribution in [1.29, 1.82) is 0 Å². The summed E-state index contributed by atoms with van der Waals surface area (Å²) in [5, 5.41) is 3.17. The summed E-state index contributed by atoms with van der Waals surface area (Å²) in [6.45, 7) is 4.58. The van der Waals surface area contributed by atoms with Gasteiger partial charge in [0.05, 0.1) is 24.1 Å². The Morgan fingerprint density at radius 1 is 1.00 bits per heavy atom. The number of hydrogen-bond donors (Lipinski definition) is 1. The Morgan fingerprint density at radius 3 is 2.27 bits per heavy atom. The van der Waals surface area contributed by atoms with Crippen LogP contribution in [0.3, 0.4) is 0 Å². The number of benzene rings is 3. The monoisotopic (exact) mass is 599 g/mol. The average molecular weight is 600 g/mol. The van der Waals surface area contributed by atoms with Crippen molar-refractivity contribution in [1.82, 2.24) is 10.2 Å². The third kappa shape index (κ3) is 9.23. The smallest absolute Gasteiger partial charge is 0.243 e. The molecule has 3 aromatic carbocycles. The van der Waals surface area contributed by atoms with Gasteiger partial charge in [0.25, 0.3) is 0 Å². The molecule has 0 aliphatic carbocycles. The fourth-order valence-corrected chi connectivity index (χ4v) is 5.76. The van der Waals surface area contributed by atoms with Crippen molar-refractivity contribution >= 4 is 39.1 Å². The topological polar surface area (TPSA) is 96.0 Å². The van der Waals surface area contributed by atoms with E-state index in [1.165, 1.54) is 17.5 Å². The van der Waals surface area contributed by atoms with Gasteiger partial charge in [0, 0.05) is 32.5 Å². The first-order chi connectivity index (χ1) is 19.5. The quantitative estimate of drug-likeness (QED) is 0.282. The molecule has 0 bridgehead atoms. The lowest BCUT2D eigenvalue weighted by atomic mass is 10.0. The lowest BCUT2D eigenvalue weighted by Gasteiger charge is -2.32. The summed E-state index contributed by atoms with van der Waals surface area (Å²) >= 11 is 6.25. The summed E-state index contributed by atoms with van der Waals surface area (Å²) < 4.78 is 31.7. The zero-order valence-corrected chi connectivity index (χ0v) is 25.5. The summed E-state index contributed by atoms with van der Waals surface area (Å²) in [5.74, 6) is -0.0398. The molecular weight excluding hydrogens is 562 g/mol. The second kappa shape index (κ2) is 14.9. The van der Waals surface area contributed by atoms with Crippen molar-refractivity contribution in [3.05, 3.63) is 94.5 Å². The number of likely N-dealkylation sites (N-methyl/N-ethyl adjacent to an activating group) is 1. The van der Waals surface area contributed by atoms with Gasteiger partial charge < -0.3 is 15.0 Å². The van der Waals surface area contributed by atoms with Gasteiger partial charge in [-0.15, -0.1) is 0 Å². The van der Waals surface area contributed by atoms with E-state index >= 15 is 0 Å². The number of carbonyl (C=O) groups excluding carboxylic acids is 2. The molecule has 0 fully saturated rings. The molecule has 0 aromatic heterocycles. The van der Waals surface area contributed by atoms with Crippen molar-refractivity contribution in [2.24, 2.45) is 0 Å². The molecule has 8 nitrogen and oxygen atoms in total. The van der Waals surface area contributed by atoms with Gasteiger partial charge in [-0.2, -0.15) is 0 Å². The van der Waals surface area contributed by atoms with Crippen LogP contribution in [-0.2, 0) is 32.6 Å². The Balaban J connectivity index is 1.86. The minimum atomic E-state index is -3.66. The first-order valence-electron chi connectivity index (χ1n) is 13.5. The SMILES string of the molecule is CCNC(=O)C(Cc1ccccc1)N(Cc1ccc(C)cc1)C(=O)CCCN(c1ccc(OC)c(Cl)c1)S(C)(=O)=O. The Hall–Kier alpha value is -3.56. The molecule has 220 valence electrons. The number of amides is 2. The highest BCUT2D eigenvalue weighted by Crippen LogP contribution is 2.30. The number of nitrogens with one attached hydrogen (secondary N) is 1. The van der Waals surface area contributed by atoms with Crippen LogP contribution in [0.15, 0.2) is 72.8 Å². The van der Waals surface area contributed by atoms with Gasteiger partial charge in [-0.25, -0.2) is 8.42 Å². The zero-order chi connectivity index (χ0) is 30.0. The maximum Gasteiger partial charge on any atom is 0.243 e. The molecular formula is C31H38ClN3O5S. The molecule has 3 rings (SSSR count). The lowest BCUT2D eigenvalue weighted by molar-refractivity contribution is -0.141. The highest BCUT2D eigenvalue weighted by Gasteiger charge is 2.30. The Morgan fingerprint density at radius 2 is 1.68 bits per heavy atom. The number of anilines is 1. The van der Waals surface area contributed by atoms with Crippen LogP contribution in [0.4, 0.5) is 5.69 Å². The van der Waals surface area contributed by atoms with Crippen molar-refractivity contribution < 1.29 is 22.7 Å². The standard InChI is InChI=1S/C31H38ClN3O5S/c1-5-33-31(37)28(20-24-10-7-6-8-11-24)34(22-25-15-13-23(2)14-16-25)30(36)12-9-19-35(41(4,38)39)26-17-18-29(40-3)27(32)21-26/h6-8,10-11,13-18,21,28H,5,9,12,19-20,22H2,1-4H3,(H,33,37). The largest absolute Gasteiger partial charge is 0.495 e. The fourth-order valence-electron chi connectivity index (χ4n) is 4.55. The number of nitrogens with zero attached hydrogens (tertiary/aromatic N) is 2. The van der Waals surface area contributed by atoms with E-state index in [4.69, 9.17) is 16.3 Å². The molecule has 1 unspecified atom stereocenters. The summed E-state index contributed by atoms with van der Waals surface area (Å²) in [4.78, 5) is 28.7. The highest BCUT2D eigenvalue weighted by atomic mass is 35.5. The van der Waals surface area contributed by atoms with E-state index in [2.05, 4.69) is 5.32 Å². The van der Waals surface area contributed by atoms with Crippen LogP contribution < -0.4 is 14.4 Å². The van der Waals surface area contributed by atoms with Crippen LogP contribution in [0.25, 0.3) is 0 Å². The number of halogens is 1. The Bertz CT molecular complexity index is 1420. The Kier molecular flexibility index (Phi) is 11.6. The normalized spacial score (nSPS) is 11.9. The molecule has 1 atom stereocenters. The molecule has 2 amide bonds. The van der Waals surface area contributed by atoms with Crippen LogP contribution in [0, 0.1) is 6.92 Å². The number of sulfonamides is 1. The van der Waals surface area contributed by atoms with E-state index < -0.39 is 16.1 Å². The van der Waals surface area contributed by atoms with E-state index in [1.807, 2.05) is 68.4 Å². The molecule has 3 aromatic rings. The van der Waals surface area contributed by atoms with Gasteiger partial charge in [-0.1, -0.05) is 71.8 Å². The molecule has 41 heavy (non-hydrogen) atoms. The molecule has 0 spiro atoms. The average Bonchev–Trinajstić information content (AvgIpc) is 2.94. The molecule has 0 aliphatic rings. The maximum absolute atomic E-state index is 13.8. The summed E-state index contributed by atoms with van der Waals surface area (Å²) in [6.07, 6.45) is 1.76. The second-order valence-electron chi connectivity index (χ2n) is 9.86. The second-order valence-corrected chi connectivity index (χ2v) is 12.2. The first-order valence-corrected chi connectivity index (χ1v) is 15.7. The lowest BCUT2D eigenvalue weighted by Crippen LogP contribution is -2.50. The zero-order valence-electron chi connectivity index (χ0n) is 24.0. The maximum atomic E-state index is 13.8. The highest BCUT2D eigenvalue weighted by molar-refractivity contribution is 7.92. The summed E-state index contributed by atoms with van der Waals surface area (Å²) in [7, 11) is -2.18. The molecule has 0 radical (unpaired) electrons. The number of hydrogen-bond acceptors (Lipinski definition) is 5. The van der Waals surface area contributed by atoms with Crippen molar-refractivity contribution in [2.45, 2.75) is 45.7 Å². The summed E-state index contributed by atoms with van der Waals surface area (Å²) in [5.41, 5.74) is 3.31. The molecule has 0 heterocycles. The molecule has 0 saturated heterocycles. The summed E-state index contributed by atoms with van der Waals surface area (Å²) in [6, 6.07) is 21.4. The van der Waals surface area contributed by atoms with E-state index in [-0.39, 0.29) is 42.8 Å². The number of methoxy groups -OCH3 is 1. The number of carbonyl (C=O) groups is 2. The van der Waals surface area contributed by atoms with Crippen molar-refractivity contribution in [3.8, 4) is 5.75 Å². The first kappa shape index (κ1) is 32.0. The predicted octanol–water partition coefficient (Wildman–Crippen LogP) is 4.98. The minimum absolute atomic E-state index is 0.0481. The van der Waals surface area contributed by atoms with Crippen LogP contribution in [0.2, 0.25) is 5.02 Å². The molecule has 0 saturated carbocycles.